The number of hydrogen-bond acceptors (Lipinski definition) is 3. The summed E-state index contributed by atoms with van der Waals surface area (Å²) in [6.07, 6.45) is 1.75. The van der Waals surface area contributed by atoms with Gasteiger partial charge in [0, 0.05) is 23.5 Å². The Morgan fingerprint density at radius 1 is 0.967 bits per heavy atom. The monoisotopic (exact) mass is 403 g/mol. The zero-order chi connectivity index (χ0) is 21.1. The summed E-state index contributed by atoms with van der Waals surface area (Å²) in [5.41, 5.74) is 4.50. The summed E-state index contributed by atoms with van der Waals surface area (Å²) < 4.78 is 16.9. The van der Waals surface area contributed by atoms with Crippen LogP contribution >= 0.6 is 0 Å². The third-order valence-electron chi connectivity index (χ3n) is 4.77. The van der Waals surface area contributed by atoms with Crippen molar-refractivity contribution in [1.82, 2.24) is 19.6 Å². The summed E-state index contributed by atoms with van der Waals surface area (Å²) in [4.78, 5) is 12.5. The second kappa shape index (κ2) is 8.32. The van der Waals surface area contributed by atoms with Crippen LogP contribution in [0, 0.1) is 19.7 Å². The molecule has 2 heterocycles. The lowest BCUT2D eigenvalue weighted by Crippen LogP contribution is -2.13. The minimum Gasteiger partial charge on any atom is -0.305 e. The van der Waals surface area contributed by atoms with Gasteiger partial charge in [-0.15, -0.1) is 0 Å². The first-order valence-electron chi connectivity index (χ1n) is 9.65. The number of rotatable bonds is 6. The highest BCUT2D eigenvalue weighted by molar-refractivity contribution is 6.03. The van der Waals surface area contributed by atoms with Crippen LogP contribution in [0.5, 0.6) is 0 Å². The molecule has 0 aliphatic carbocycles. The molecule has 6 nitrogen and oxygen atoms in total. The van der Waals surface area contributed by atoms with E-state index in [-0.39, 0.29) is 11.7 Å². The average molecular weight is 403 g/mol. The summed E-state index contributed by atoms with van der Waals surface area (Å²) in [7, 11) is 0. The van der Waals surface area contributed by atoms with Crippen LogP contribution in [-0.2, 0) is 13.1 Å². The highest BCUT2D eigenvalue weighted by Gasteiger charge is 2.09. The third kappa shape index (κ3) is 4.63. The first kappa shape index (κ1) is 19.6. The van der Waals surface area contributed by atoms with E-state index in [4.69, 9.17) is 0 Å². The Labute approximate surface area is 174 Å². The van der Waals surface area contributed by atoms with Gasteiger partial charge < -0.3 is 5.32 Å². The number of anilines is 1. The van der Waals surface area contributed by atoms with Crippen molar-refractivity contribution in [2.75, 3.05) is 5.32 Å². The molecule has 0 fully saturated rings. The van der Waals surface area contributed by atoms with Crippen molar-refractivity contribution in [2.24, 2.45) is 0 Å². The van der Waals surface area contributed by atoms with Crippen molar-refractivity contribution in [3.05, 3.63) is 101 Å². The van der Waals surface area contributed by atoms with Gasteiger partial charge in [0.1, 0.15) is 5.82 Å². The van der Waals surface area contributed by atoms with E-state index in [0.29, 0.717) is 24.5 Å². The molecule has 0 aliphatic rings. The number of amides is 1. The molecule has 1 amide bonds. The Kier molecular flexibility index (Phi) is 5.43. The lowest BCUT2D eigenvalue weighted by molar-refractivity contribution is 0.102. The lowest BCUT2D eigenvalue weighted by Gasteiger charge is -2.07. The van der Waals surface area contributed by atoms with E-state index in [9.17, 15) is 9.18 Å². The van der Waals surface area contributed by atoms with Crippen molar-refractivity contribution in [1.29, 1.82) is 0 Å². The van der Waals surface area contributed by atoms with Crippen molar-refractivity contribution in [3.8, 4) is 0 Å². The number of halogens is 1. The summed E-state index contributed by atoms with van der Waals surface area (Å²) in [5, 5.41) is 11.6. The van der Waals surface area contributed by atoms with Gasteiger partial charge in [-0.05, 0) is 55.3 Å². The first-order valence-corrected chi connectivity index (χ1v) is 9.65. The number of aromatic nitrogens is 4. The second-order valence-corrected chi connectivity index (χ2v) is 7.26. The number of hydrogen-bond donors (Lipinski definition) is 1. The molecule has 0 bridgehead atoms. The molecule has 0 aliphatic heterocycles. The standard InChI is InChI=1S/C23H22FN5O/c1-16-12-17(2)29(26-16)15-18-6-8-20(9-7-18)23(30)25-22-10-11-28(27-22)14-19-4-3-5-21(24)13-19/h3-13H,14-15H2,1-2H3,(H,25,27,30). The maximum atomic E-state index is 13.3. The molecular weight excluding hydrogens is 381 g/mol. The normalized spacial score (nSPS) is 10.9. The summed E-state index contributed by atoms with van der Waals surface area (Å²) in [6.45, 7) is 5.08. The van der Waals surface area contributed by atoms with Crippen molar-refractivity contribution >= 4 is 11.7 Å². The Hall–Kier alpha value is -3.74. The quantitative estimate of drug-likeness (QED) is 0.525. The van der Waals surface area contributed by atoms with E-state index in [0.717, 1.165) is 22.5 Å². The van der Waals surface area contributed by atoms with E-state index in [1.54, 1.807) is 35.1 Å². The topological polar surface area (TPSA) is 64.7 Å². The minimum atomic E-state index is -0.283. The molecule has 152 valence electrons. The van der Waals surface area contributed by atoms with Gasteiger partial charge in [-0.1, -0.05) is 24.3 Å². The van der Waals surface area contributed by atoms with Crippen LogP contribution in [0.2, 0.25) is 0 Å². The van der Waals surface area contributed by atoms with Gasteiger partial charge in [-0.2, -0.15) is 10.2 Å². The molecule has 0 saturated heterocycles. The summed E-state index contributed by atoms with van der Waals surface area (Å²) in [5.74, 6) is -0.0683. The van der Waals surface area contributed by atoms with Gasteiger partial charge in [-0.3, -0.25) is 14.2 Å². The lowest BCUT2D eigenvalue weighted by atomic mass is 10.1. The Morgan fingerprint density at radius 3 is 2.47 bits per heavy atom. The second-order valence-electron chi connectivity index (χ2n) is 7.26. The minimum absolute atomic E-state index is 0.233. The maximum absolute atomic E-state index is 13.3. The van der Waals surface area contributed by atoms with Gasteiger partial charge in [0.15, 0.2) is 5.82 Å². The van der Waals surface area contributed by atoms with Crippen LogP contribution in [0.4, 0.5) is 10.2 Å². The molecule has 4 aromatic rings. The molecular formula is C23H22FN5O. The van der Waals surface area contributed by atoms with Crippen LogP contribution < -0.4 is 5.32 Å². The average Bonchev–Trinajstić information content (AvgIpc) is 3.27. The number of carbonyl (C=O) groups is 1. The SMILES string of the molecule is Cc1cc(C)n(Cc2ccc(C(=O)Nc3ccn(Cc4cccc(F)c4)n3)cc2)n1. The van der Waals surface area contributed by atoms with Crippen LogP contribution in [-0.4, -0.2) is 25.5 Å². The highest BCUT2D eigenvalue weighted by Crippen LogP contribution is 2.12. The Morgan fingerprint density at radius 2 is 1.77 bits per heavy atom. The van der Waals surface area contributed by atoms with Crippen LogP contribution in [0.1, 0.15) is 32.9 Å². The molecule has 0 spiro atoms. The van der Waals surface area contributed by atoms with Crippen LogP contribution in [0.25, 0.3) is 0 Å². The number of nitrogens with zero attached hydrogens (tertiary/aromatic N) is 4. The third-order valence-corrected chi connectivity index (χ3v) is 4.77. The van der Waals surface area contributed by atoms with E-state index >= 15 is 0 Å². The number of aryl methyl sites for hydroxylation is 2. The van der Waals surface area contributed by atoms with Crippen molar-refractivity contribution in [2.45, 2.75) is 26.9 Å². The number of benzene rings is 2. The van der Waals surface area contributed by atoms with Crippen LogP contribution in [0.15, 0.2) is 66.9 Å². The first-order chi connectivity index (χ1) is 14.5. The van der Waals surface area contributed by atoms with Crippen LogP contribution in [0.3, 0.4) is 0 Å². The van der Waals surface area contributed by atoms with Crippen molar-refractivity contribution < 1.29 is 9.18 Å². The maximum Gasteiger partial charge on any atom is 0.256 e. The van der Waals surface area contributed by atoms with Gasteiger partial charge in [0.25, 0.3) is 5.91 Å². The van der Waals surface area contributed by atoms with Gasteiger partial charge in [0.05, 0.1) is 18.8 Å². The predicted octanol–water partition coefficient (Wildman–Crippen LogP) is 4.18. The summed E-state index contributed by atoms with van der Waals surface area (Å²) >= 11 is 0. The summed E-state index contributed by atoms with van der Waals surface area (Å²) in [6, 6.07) is 17.5. The Bertz CT molecular complexity index is 1180. The number of nitrogens with one attached hydrogen (secondary N) is 1. The molecule has 7 heteroatoms. The van der Waals surface area contributed by atoms with E-state index < -0.39 is 0 Å². The smallest absolute Gasteiger partial charge is 0.256 e. The van der Waals surface area contributed by atoms with Gasteiger partial charge >= 0.3 is 0 Å². The molecule has 1 N–H and O–H groups in total. The molecule has 2 aromatic heterocycles. The fourth-order valence-corrected chi connectivity index (χ4v) is 3.30. The molecule has 2 aromatic carbocycles. The molecule has 0 unspecified atom stereocenters. The zero-order valence-electron chi connectivity index (χ0n) is 16.8. The van der Waals surface area contributed by atoms with E-state index in [1.165, 1.54) is 12.1 Å². The largest absolute Gasteiger partial charge is 0.305 e. The molecule has 4 rings (SSSR count). The van der Waals surface area contributed by atoms with Gasteiger partial charge in [0.2, 0.25) is 0 Å². The Balaban J connectivity index is 1.38. The fraction of sp³-hybridized carbons (Fsp3) is 0.174. The number of carbonyl (C=O) groups excluding carboxylic acids is 1. The molecule has 0 atom stereocenters. The molecule has 0 saturated carbocycles. The fourth-order valence-electron chi connectivity index (χ4n) is 3.30. The van der Waals surface area contributed by atoms with Gasteiger partial charge in [-0.25, -0.2) is 4.39 Å². The van der Waals surface area contributed by atoms with E-state index in [2.05, 4.69) is 15.5 Å². The molecule has 0 radical (unpaired) electrons. The van der Waals surface area contributed by atoms with Crippen molar-refractivity contribution in [3.63, 3.8) is 0 Å². The predicted molar refractivity (Wildman–Crippen MR) is 113 cm³/mol. The highest BCUT2D eigenvalue weighted by atomic mass is 19.1. The molecule has 30 heavy (non-hydrogen) atoms. The zero-order valence-corrected chi connectivity index (χ0v) is 16.8. The van der Waals surface area contributed by atoms with E-state index in [1.807, 2.05) is 42.8 Å².